The topological polar surface area (TPSA) is 69.6 Å². The van der Waals surface area contributed by atoms with Crippen LogP contribution in [0.4, 0.5) is 0 Å². The summed E-state index contributed by atoms with van der Waals surface area (Å²) in [6, 6.07) is 5.21. The number of piperidine rings is 1. The van der Waals surface area contributed by atoms with Crippen molar-refractivity contribution in [1.82, 2.24) is 9.62 Å². The van der Waals surface area contributed by atoms with Crippen LogP contribution >= 0.6 is 11.6 Å². The first-order chi connectivity index (χ1) is 9.36. The van der Waals surface area contributed by atoms with Crippen LogP contribution in [-0.2, 0) is 16.6 Å². The second kappa shape index (κ2) is 6.30. The maximum absolute atomic E-state index is 11.4. The lowest BCUT2D eigenvalue weighted by molar-refractivity contribution is 0.289. The molecule has 1 heterocycles. The molecule has 2 rings (SSSR count). The van der Waals surface area contributed by atoms with Gasteiger partial charge in [-0.1, -0.05) is 11.6 Å². The zero-order valence-corrected chi connectivity index (χ0v) is 12.9. The first kappa shape index (κ1) is 15.6. The van der Waals surface area contributed by atoms with E-state index in [9.17, 15) is 13.5 Å². The van der Waals surface area contributed by atoms with Gasteiger partial charge in [0.05, 0.1) is 6.26 Å². The van der Waals surface area contributed by atoms with E-state index in [4.69, 9.17) is 11.6 Å². The molecular weight excluding hydrogens is 300 g/mol. The minimum atomic E-state index is -3.08. The highest BCUT2D eigenvalue weighted by atomic mass is 35.5. The predicted octanol–water partition coefficient (Wildman–Crippen LogP) is 1.56. The average molecular weight is 319 g/mol. The molecule has 0 radical (unpaired) electrons. The summed E-state index contributed by atoms with van der Waals surface area (Å²) >= 11 is 5.90. The fourth-order valence-electron chi connectivity index (χ4n) is 2.34. The number of hydrogen-bond donors (Lipinski definition) is 2. The number of hydrogen-bond acceptors (Lipinski definition) is 4. The summed E-state index contributed by atoms with van der Waals surface area (Å²) in [5, 5.41) is 13.7. The average Bonchev–Trinajstić information content (AvgIpc) is 2.39. The second-order valence-corrected chi connectivity index (χ2v) is 7.51. The van der Waals surface area contributed by atoms with E-state index in [-0.39, 0.29) is 11.8 Å². The number of phenols is 1. The third kappa shape index (κ3) is 4.09. The Labute approximate surface area is 124 Å². The van der Waals surface area contributed by atoms with E-state index in [0.29, 0.717) is 24.7 Å². The highest BCUT2D eigenvalue weighted by Gasteiger charge is 2.24. The van der Waals surface area contributed by atoms with Gasteiger partial charge in [-0.25, -0.2) is 12.7 Å². The Kier molecular flexibility index (Phi) is 4.90. The first-order valence-electron chi connectivity index (χ1n) is 6.52. The normalized spacial score (nSPS) is 18.3. The molecule has 7 heteroatoms. The van der Waals surface area contributed by atoms with Crippen LogP contribution in [0.2, 0.25) is 5.02 Å². The smallest absolute Gasteiger partial charge is 0.211 e. The van der Waals surface area contributed by atoms with Crippen molar-refractivity contribution in [1.29, 1.82) is 0 Å². The molecule has 0 bridgehead atoms. The zero-order chi connectivity index (χ0) is 14.8. The Hall–Kier alpha value is -0.820. The molecule has 2 N–H and O–H groups in total. The van der Waals surface area contributed by atoms with Gasteiger partial charge in [0.1, 0.15) is 5.75 Å². The van der Waals surface area contributed by atoms with E-state index in [1.807, 2.05) is 0 Å². The standard InChI is InChI=1S/C13H19ClN2O3S/c1-20(18,19)16-6-4-12(5-7-16)15-9-10-8-11(14)2-3-13(10)17/h2-3,8,12,15,17H,4-7,9H2,1H3. The van der Waals surface area contributed by atoms with Gasteiger partial charge in [-0.3, -0.25) is 0 Å². The van der Waals surface area contributed by atoms with Crippen molar-refractivity contribution >= 4 is 21.6 Å². The van der Waals surface area contributed by atoms with Crippen molar-refractivity contribution in [2.24, 2.45) is 0 Å². The maximum atomic E-state index is 11.4. The fourth-order valence-corrected chi connectivity index (χ4v) is 3.41. The van der Waals surface area contributed by atoms with Crippen LogP contribution < -0.4 is 5.32 Å². The summed E-state index contributed by atoms with van der Waals surface area (Å²) in [5.41, 5.74) is 0.753. The van der Waals surface area contributed by atoms with Crippen molar-refractivity contribution < 1.29 is 13.5 Å². The SMILES string of the molecule is CS(=O)(=O)N1CCC(NCc2cc(Cl)ccc2O)CC1. The molecule has 1 saturated heterocycles. The summed E-state index contributed by atoms with van der Waals surface area (Å²) in [6.45, 7) is 1.60. The van der Waals surface area contributed by atoms with Gasteiger partial charge in [0.25, 0.3) is 0 Å². The molecule has 1 aliphatic heterocycles. The lowest BCUT2D eigenvalue weighted by Crippen LogP contribution is -2.44. The molecule has 20 heavy (non-hydrogen) atoms. The van der Waals surface area contributed by atoms with Gasteiger partial charge in [0, 0.05) is 36.3 Å². The molecule has 0 atom stereocenters. The number of aromatic hydroxyl groups is 1. The lowest BCUT2D eigenvalue weighted by atomic mass is 10.1. The van der Waals surface area contributed by atoms with E-state index >= 15 is 0 Å². The number of halogens is 1. The van der Waals surface area contributed by atoms with Gasteiger partial charge in [-0.05, 0) is 31.0 Å². The van der Waals surface area contributed by atoms with Gasteiger partial charge in [-0.15, -0.1) is 0 Å². The van der Waals surface area contributed by atoms with Gasteiger partial charge in [-0.2, -0.15) is 0 Å². The Balaban J connectivity index is 1.86. The molecule has 0 aromatic heterocycles. The number of nitrogens with one attached hydrogen (secondary N) is 1. The summed E-state index contributed by atoms with van der Waals surface area (Å²) in [4.78, 5) is 0. The van der Waals surface area contributed by atoms with Gasteiger partial charge >= 0.3 is 0 Å². The van der Waals surface area contributed by atoms with Crippen LogP contribution in [0.25, 0.3) is 0 Å². The third-order valence-corrected chi connectivity index (χ3v) is 5.08. The lowest BCUT2D eigenvalue weighted by Gasteiger charge is -2.30. The van der Waals surface area contributed by atoms with Crippen LogP contribution in [-0.4, -0.2) is 43.2 Å². The Bertz CT molecular complexity index is 569. The highest BCUT2D eigenvalue weighted by Crippen LogP contribution is 2.22. The number of benzene rings is 1. The van der Waals surface area contributed by atoms with Crippen LogP contribution in [0.3, 0.4) is 0 Å². The monoisotopic (exact) mass is 318 g/mol. The molecule has 1 aromatic rings. The van der Waals surface area contributed by atoms with E-state index < -0.39 is 10.0 Å². The molecule has 0 amide bonds. The van der Waals surface area contributed by atoms with Crippen molar-refractivity contribution in [3.63, 3.8) is 0 Å². The highest BCUT2D eigenvalue weighted by molar-refractivity contribution is 7.88. The van der Waals surface area contributed by atoms with E-state index in [0.717, 1.165) is 18.4 Å². The molecule has 112 valence electrons. The van der Waals surface area contributed by atoms with Crippen LogP contribution in [0.15, 0.2) is 18.2 Å². The zero-order valence-electron chi connectivity index (χ0n) is 11.3. The molecular formula is C13H19ClN2O3S. The first-order valence-corrected chi connectivity index (χ1v) is 8.75. The Morgan fingerprint density at radius 2 is 2.05 bits per heavy atom. The molecule has 0 aliphatic carbocycles. The van der Waals surface area contributed by atoms with Crippen molar-refractivity contribution in [2.75, 3.05) is 19.3 Å². The summed E-state index contributed by atoms with van der Waals surface area (Å²) in [7, 11) is -3.08. The molecule has 1 aliphatic rings. The minimum absolute atomic E-state index is 0.218. The predicted molar refractivity (Wildman–Crippen MR) is 79.4 cm³/mol. The molecule has 1 aromatic carbocycles. The molecule has 0 unspecified atom stereocenters. The van der Waals surface area contributed by atoms with E-state index in [1.165, 1.54) is 10.6 Å². The van der Waals surface area contributed by atoms with Crippen molar-refractivity contribution in [3.8, 4) is 5.75 Å². The van der Waals surface area contributed by atoms with Gasteiger partial charge in [0.15, 0.2) is 0 Å². The maximum Gasteiger partial charge on any atom is 0.211 e. The Morgan fingerprint density at radius 1 is 1.40 bits per heavy atom. The molecule has 0 saturated carbocycles. The number of phenolic OH excluding ortho intramolecular Hbond substituents is 1. The number of sulfonamides is 1. The summed E-state index contributed by atoms with van der Waals surface area (Å²) in [6.07, 6.45) is 2.79. The van der Waals surface area contributed by atoms with Crippen LogP contribution in [0.1, 0.15) is 18.4 Å². The molecule has 1 fully saturated rings. The summed E-state index contributed by atoms with van der Waals surface area (Å²) in [5.74, 6) is 0.218. The third-order valence-electron chi connectivity index (χ3n) is 3.55. The number of nitrogens with zero attached hydrogens (tertiary/aromatic N) is 1. The van der Waals surface area contributed by atoms with E-state index in [1.54, 1.807) is 18.2 Å². The van der Waals surface area contributed by atoms with Gasteiger partial charge < -0.3 is 10.4 Å². The Morgan fingerprint density at radius 3 is 2.65 bits per heavy atom. The quantitative estimate of drug-likeness (QED) is 0.884. The number of rotatable bonds is 4. The van der Waals surface area contributed by atoms with E-state index in [2.05, 4.69) is 5.32 Å². The summed E-state index contributed by atoms with van der Waals surface area (Å²) < 4.78 is 24.3. The fraction of sp³-hybridized carbons (Fsp3) is 0.538. The second-order valence-electron chi connectivity index (χ2n) is 5.09. The minimum Gasteiger partial charge on any atom is -0.508 e. The largest absolute Gasteiger partial charge is 0.508 e. The van der Waals surface area contributed by atoms with Crippen LogP contribution in [0, 0.1) is 0 Å². The van der Waals surface area contributed by atoms with Crippen LogP contribution in [0.5, 0.6) is 5.75 Å². The molecule has 0 spiro atoms. The van der Waals surface area contributed by atoms with Gasteiger partial charge in [0.2, 0.25) is 10.0 Å². The van der Waals surface area contributed by atoms with Crippen molar-refractivity contribution in [3.05, 3.63) is 28.8 Å². The van der Waals surface area contributed by atoms with Crippen molar-refractivity contribution in [2.45, 2.75) is 25.4 Å². The molecule has 5 nitrogen and oxygen atoms in total.